The minimum atomic E-state index is 0.154. The summed E-state index contributed by atoms with van der Waals surface area (Å²) in [5, 5.41) is 0. The van der Waals surface area contributed by atoms with Gasteiger partial charge in [-0.25, -0.2) is 0 Å². The van der Waals surface area contributed by atoms with Gasteiger partial charge < -0.3 is 10.6 Å². The number of amides is 1. The van der Waals surface area contributed by atoms with Crippen LogP contribution in [0.2, 0.25) is 0 Å². The number of nitrogens with zero attached hydrogens (tertiary/aromatic N) is 2. The van der Waals surface area contributed by atoms with Crippen LogP contribution in [0.4, 0.5) is 0 Å². The van der Waals surface area contributed by atoms with Gasteiger partial charge in [-0.1, -0.05) is 6.07 Å². The van der Waals surface area contributed by atoms with Crippen LogP contribution >= 0.6 is 0 Å². The van der Waals surface area contributed by atoms with E-state index in [1.54, 1.807) is 0 Å². The van der Waals surface area contributed by atoms with Crippen LogP contribution in [0, 0.1) is 6.92 Å². The first-order valence-electron chi connectivity index (χ1n) is 6.07. The SMILES string of the molecule is CCN(Cc1cccc(C)n1)C(=O)CCCN. The Bertz CT molecular complexity index is 365. The van der Waals surface area contributed by atoms with Crippen LogP contribution in [-0.4, -0.2) is 28.9 Å². The van der Waals surface area contributed by atoms with Crippen molar-refractivity contribution < 1.29 is 4.79 Å². The summed E-state index contributed by atoms with van der Waals surface area (Å²) in [4.78, 5) is 18.1. The van der Waals surface area contributed by atoms with Crippen molar-refractivity contribution in [1.82, 2.24) is 9.88 Å². The molecule has 0 saturated carbocycles. The molecule has 0 aliphatic heterocycles. The molecule has 0 spiro atoms. The summed E-state index contributed by atoms with van der Waals surface area (Å²) >= 11 is 0. The van der Waals surface area contributed by atoms with E-state index in [2.05, 4.69) is 4.98 Å². The summed E-state index contributed by atoms with van der Waals surface area (Å²) in [6, 6.07) is 5.87. The van der Waals surface area contributed by atoms with Gasteiger partial charge >= 0.3 is 0 Å². The summed E-state index contributed by atoms with van der Waals surface area (Å²) < 4.78 is 0. The smallest absolute Gasteiger partial charge is 0.222 e. The third-order valence-electron chi connectivity index (χ3n) is 2.63. The van der Waals surface area contributed by atoms with Gasteiger partial charge in [0.15, 0.2) is 0 Å². The molecule has 1 rings (SSSR count). The van der Waals surface area contributed by atoms with Crippen LogP contribution in [0.3, 0.4) is 0 Å². The average Bonchev–Trinajstić information content (AvgIpc) is 2.33. The highest BCUT2D eigenvalue weighted by atomic mass is 16.2. The van der Waals surface area contributed by atoms with Crippen LogP contribution in [0.15, 0.2) is 18.2 Å². The molecule has 0 atom stereocenters. The Morgan fingerprint density at radius 3 is 2.82 bits per heavy atom. The number of pyridine rings is 1. The van der Waals surface area contributed by atoms with E-state index in [1.165, 1.54) is 0 Å². The molecule has 1 heterocycles. The fourth-order valence-electron chi connectivity index (χ4n) is 1.67. The molecule has 0 aromatic carbocycles. The van der Waals surface area contributed by atoms with Gasteiger partial charge in [-0.15, -0.1) is 0 Å². The third kappa shape index (κ3) is 4.53. The first-order chi connectivity index (χ1) is 8.17. The predicted octanol–water partition coefficient (Wildman–Crippen LogP) is 1.48. The Balaban J connectivity index is 2.60. The summed E-state index contributed by atoms with van der Waals surface area (Å²) in [7, 11) is 0. The molecule has 4 heteroatoms. The van der Waals surface area contributed by atoms with E-state index in [4.69, 9.17) is 5.73 Å². The summed E-state index contributed by atoms with van der Waals surface area (Å²) in [5.41, 5.74) is 7.33. The van der Waals surface area contributed by atoms with Crippen molar-refractivity contribution in [2.75, 3.05) is 13.1 Å². The molecule has 2 N–H and O–H groups in total. The lowest BCUT2D eigenvalue weighted by Crippen LogP contribution is -2.30. The van der Waals surface area contributed by atoms with Crippen LogP contribution < -0.4 is 5.73 Å². The zero-order valence-corrected chi connectivity index (χ0v) is 10.6. The van der Waals surface area contributed by atoms with Crippen molar-refractivity contribution in [2.45, 2.75) is 33.2 Å². The second-order valence-electron chi connectivity index (χ2n) is 4.07. The zero-order valence-electron chi connectivity index (χ0n) is 10.6. The van der Waals surface area contributed by atoms with Gasteiger partial charge in [0.25, 0.3) is 0 Å². The van der Waals surface area contributed by atoms with Crippen LogP contribution in [0.25, 0.3) is 0 Å². The largest absolute Gasteiger partial charge is 0.337 e. The van der Waals surface area contributed by atoms with Gasteiger partial charge in [0, 0.05) is 18.7 Å². The quantitative estimate of drug-likeness (QED) is 0.812. The number of aryl methyl sites for hydroxylation is 1. The molecular formula is C13H21N3O. The Morgan fingerprint density at radius 2 is 2.24 bits per heavy atom. The molecule has 1 aromatic rings. The lowest BCUT2D eigenvalue weighted by atomic mass is 10.2. The Hall–Kier alpha value is -1.42. The second-order valence-corrected chi connectivity index (χ2v) is 4.07. The molecule has 0 fully saturated rings. The third-order valence-corrected chi connectivity index (χ3v) is 2.63. The molecule has 0 aliphatic carbocycles. The van der Waals surface area contributed by atoms with Crippen LogP contribution in [0.1, 0.15) is 31.2 Å². The predicted molar refractivity (Wildman–Crippen MR) is 68.4 cm³/mol. The highest BCUT2D eigenvalue weighted by Crippen LogP contribution is 2.05. The Labute approximate surface area is 103 Å². The summed E-state index contributed by atoms with van der Waals surface area (Å²) in [5.74, 6) is 0.154. The minimum Gasteiger partial charge on any atom is -0.337 e. The van der Waals surface area contributed by atoms with Crippen molar-refractivity contribution >= 4 is 5.91 Å². The van der Waals surface area contributed by atoms with Crippen molar-refractivity contribution in [3.8, 4) is 0 Å². The van der Waals surface area contributed by atoms with Gasteiger partial charge in [0.05, 0.1) is 12.2 Å². The molecule has 1 amide bonds. The number of nitrogens with two attached hydrogens (primary N) is 1. The highest BCUT2D eigenvalue weighted by Gasteiger charge is 2.11. The number of carbonyl (C=O) groups excluding carboxylic acids is 1. The van der Waals surface area contributed by atoms with Crippen molar-refractivity contribution in [3.63, 3.8) is 0 Å². The molecule has 0 bridgehead atoms. The Morgan fingerprint density at radius 1 is 1.47 bits per heavy atom. The van der Waals surface area contributed by atoms with E-state index >= 15 is 0 Å². The van der Waals surface area contributed by atoms with Gasteiger partial charge in [-0.3, -0.25) is 9.78 Å². The number of rotatable bonds is 6. The maximum atomic E-state index is 11.9. The topological polar surface area (TPSA) is 59.2 Å². The second kappa shape index (κ2) is 7.01. The zero-order chi connectivity index (χ0) is 12.7. The van der Waals surface area contributed by atoms with E-state index in [-0.39, 0.29) is 5.91 Å². The fourth-order valence-corrected chi connectivity index (χ4v) is 1.67. The van der Waals surface area contributed by atoms with E-state index in [9.17, 15) is 4.79 Å². The molecule has 0 aliphatic rings. The molecule has 17 heavy (non-hydrogen) atoms. The van der Waals surface area contributed by atoms with Gasteiger partial charge in [0.1, 0.15) is 0 Å². The fraction of sp³-hybridized carbons (Fsp3) is 0.538. The van der Waals surface area contributed by atoms with Gasteiger partial charge in [0.2, 0.25) is 5.91 Å². The molecule has 4 nitrogen and oxygen atoms in total. The minimum absolute atomic E-state index is 0.154. The number of aromatic nitrogens is 1. The van der Waals surface area contributed by atoms with E-state index in [0.29, 0.717) is 26.1 Å². The first-order valence-corrected chi connectivity index (χ1v) is 6.07. The van der Waals surface area contributed by atoms with Crippen molar-refractivity contribution in [2.24, 2.45) is 5.73 Å². The van der Waals surface area contributed by atoms with Crippen LogP contribution in [-0.2, 0) is 11.3 Å². The lowest BCUT2D eigenvalue weighted by Gasteiger charge is -2.20. The highest BCUT2D eigenvalue weighted by molar-refractivity contribution is 5.76. The first kappa shape index (κ1) is 13.6. The number of carbonyl (C=O) groups is 1. The lowest BCUT2D eigenvalue weighted by molar-refractivity contribution is -0.131. The standard InChI is InChI=1S/C13H21N3O/c1-3-16(13(17)8-5-9-14)10-12-7-4-6-11(2)15-12/h4,6-7H,3,5,8-10,14H2,1-2H3. The number of hydrogen-bond donors (Lipinski definition) is 1. The van der Waals surface area contributed by atoms with Crippen molar-refractivity contribution in [1.29, 1.82) is 0 Å². The van der Waals surface area contributed by atoms with E-state index in [0.717, 1.165) is 17.8 Å². The average molecular weight is 235 g/mol. The molecular weight excluding hydrogens is 214 g/mol. The number of hydrogen-bond acceptors (Lipinski definition) is 3. The normalized spacial score (nSPS) is 10.3. The Kier molecular flexibility index (Phi) is 5.63. The monoisotopic (exact) mass is 235 g/mol. The molecule has 0 radical (unpaired) electrons. The summed E-state index contributed by atoms with van der Waals surface area (Å²) in [6.07, 6.45) is 1.27. The maximum Gasteiger partial charge on any atom is 0.222 e. The van der Waals surface area contributed by atoms with Crippen molar-refractivity contribution in [3.05, 3.63) is 29.6 Å². The molecule has 1 aromatic heterocycles. The maximum absolute atomic E-state index is 11.9. The molecule has 0 saturated heterocycles. The molecule has 0 unspecified atom stereocenters. The van der Waals surface area contributed by atoms with Gasteiger partial charge in [-0.2, -0.15) is 0 Å². The van der Waals surface area contributed by atoms with E-state index < -0.39 is 0 Å². The van der Waals surface area contributed by atoms with Gasteiger partial charge in [-0.05, 0) is 38.9 Å². The summed E-state index contributed by atoms with van der Waals surface area (Å²) in [6.45, 7) is 5.79. The van der Waals surface area contributed by atoms with E-state index in [1.807, 2.05) is 36.9 Å². The van der Waals surface area contributed by atoms with Crippen LogP contribution in [0.5, 0.6) is 0 Å². The molecule has 94 valence electrons.